The fourth-order valence-corrected chi connectivity index (χ4v) is 3.08. The van der Waals surface area contributed by atoms with Crippen molar-refractivity contribution in [1.82, 2.24) is 25.3 Å². The number of rotatable bonds is 4. The van der Waals surface area contributed by atoms with Crippen LogP contribution in [-0.4, -0.2) is 45.0 Å². The summed E-state index contributed by atoms with van der Waals surface area (Å²) in [4.78, 5) is 14.7. The van der Waals surface area contributed by atoms with Crippen LogP contribution in [0.15, 0.2) is 18.5 Å². The summed E-state index contributed by atoms with van der Waals surface area (Å²) in [5.74, 6) is 1.46. The van der Waals surface area contributed by atoms with E-state index in [4.69, 9.17) is 0 Å². The normalized spacial score (nSPS) is 21.3. The molecule has 1 amide bonds. The average molecular weight is 300 g/mol. The van der Waals surface area contributed by atoms with E-state index < -0.39 is 0 Å². The van der Waals surface area contributed by atoms with E-state index in [1.54, 1.807) is 10.9 Å². The van der Waals surface area contributed by atoms with E-state index in [0.29, 0.717) is 11.5 Å². The zero-order valence-electron chi connectivity index (χ0n) is 12.6. The Kier molecular flexibility index (Phi) is 3.13. The molecule has 3 heterocycles. The monoisotopic (exact) mass is 300 g/mol. The van der Waals surface area contributed by atoms with Crippen molar-refractivity contribution in [3.63, 3.8) is 0 Å². The van der Waals surface area contributed by atoms with Gasteiger partial charge >= 0.3 is 0 Å². The van der Waals surface area contributed by atoms with Gasteiger partial charge in [0.25, 0.3) is 5.91 Å². The van der Waals surface area contributed by atoms with E-state index >= 15 is 0 Å². The Morgan fingerprint density at radius 3 is 3.00 bits per heavy atom. The molecule has 2 aliphatic rings. The van der Waals surface area contributed by atoms with E-state index in [9.17, 15) is 4.79 Å². The second-order valence-corrected chi connectivity index (χ2v) is 6.22. The molecule has 1 atom stereocenters. The van der Waals surface area contributed by atoms with Crippen LogP contribution in [0.4, 0.5) is 5.82 Å². The number of hydrogen-bond acceptors (Lipinski definition) is 4. The number of hydrogen-bond donors (Lipinski definition) is 2. The third-order valence-corrected chi connectivity index (χ3v) is 4.45. The van der Waals surface area contributed by atoms with Crippen molar-refractivity contribution in [3.8, 4) is 0 Å². The molecule has 0 bridgehead atoms. The number of aromatic nitrogens is 4. The third kappa shape index (κ3) is 2.47. The van der Waals surface area contributed by atoms with E-state index in [0.717, 1.165) is 43.9 Å². The van der Waals surface area contributed by atoms with Crippen molar-refractivity contribution in [2.24, 2.45) is 7.05 Å². The first kappa shape index (κ1) is 13.4. The Morgan fingerprint density at radius 2 is 2.27 bits per heavy atom. The van der Waals surface area contributed by atoms with Crippen molar-refractivity contribution in [3.05, 3.63) is 29.7 Å². The second-order valence-electron chi connectivity index (χ2n) is 6.22. The number of anilines is 1. The van der Waals surface area contributed by atoms with Crippen LogP contribution in [-0.2, 0) is 7.05 Å². The average Bonchev–Trinajstić information content (AvgIpc) is 2.94. The summed E-state index contributed by atoms with van der Waals surface area (Å²) in [6, 6.07) is 2.17. The summed E-state index contributed by atoms with van der Waals surface area (Å²) in [6.07, 6.45) is 6.83. The topological polar surface area (TPSA) is 78.8 Å². The number of H-pyrrole nitrogens is 1. The minimum atomic E-state index is -0.0106. The molecule has 2 aromatic rings. The number of carbonyl (C=O) groups excluding carboxylic acids is 1. The number of nitrogens with one attached hydrogen (secondary N) is 2. The van der Waals surface area contributed by atoms with Crippen LogP contribution in [0.2, 0.25) is 0 Å². The van der Waals surface area contributed by atoms with Crippen LogP contribution in [0.1, 0.15) is 41.2 Å². The fraction of sp³-hybridized carbons (Fsp3) is 0.533. The fourth-order valence-electron chi connectivity index (χ4n) is 3.08. The highest BCUT2D eigenvalue weighted by Gasteiger charge is 2.31. The summed E-state index contributed by atoms with van der Waals surface area (Å²) in [5.41, 5.74) is 1.70. The highest BCUT2D eigenvalue weighted by Crippen LogP contribution is 2.40. The molecule has 1 aliphatic carbocycles. The molecule has 7 nitrogen and oxygen atoms in total. The first-order valence-electron chi connectivity index (χ1n) is 7.79. The molecule has 2 aromatic heterocycles. The number of aryl methyl sites for hydroxylation is 1. The molecule has 0 aromatic carbocycles. The smallest absolute Gasteiger partial charge is 0.255 e. The number of amides is 1. The molecule has 22 heavy (non-hydrogen) atoms. The predicted molar refractivity (Wildman–Crippen MR) is 81.9 cm³/mol. The van der Waals surface area contributed by atoms with E-state index in [1.165, 1.54) is 0 Å². The Bertz CT molecular complexity index is 686. The summed E-state index contributed by atoms with van der Waals surface area (Å²) < 4.78 is 1.80. The maximum absolute atomic E-state index is 12.5. The van der Waals surface area contributed by atoms with E-state index in [1.807, 2.05) is 19.3 Å². The Labute approximate surface area is 128 Å². The van der Waals surface area contributed by atoms with Gasteiger partial charge in [-0.2, -0.15) is 10.2 Å². The molecule has 0 spiro atoms. The lowest BCUT2D eigenvalue weighted by atomic mass is 10.1. The molecule has 2 fully saturated rings. The first-order valence-corrected chi connectivity index (χ1v) is 7.79. The SMILES string of the molecule is Cn1ccc(N2CCC(NC(=O)c3cn[nH]c3C3CC3)C2)n1. The van der Waals surface area contributed by atoms with Crippen molar-refractivity contribution in [2.75, 3.05) is 18.0 Å². The van der Waals surface area contributed by atoms with Crippen molar-refractivity contribution in [1.29, 1.82) is 0 Å². The zero-order valence-corrected chi connectivity index (χ0v) is 12.6. The maximum Gasteiger partial charge on any atom is 0.255 e. The van der Waals surface area contributed by atoms with Crippen molar-refractivity contribution in [2.45, 2.75) is 31.2 Å². The van der Waals surface area contributed by atoms with Crippen LogP contribution >= 0.6 is 0 Å². The molecule has 116 valence electrons. The molecule has 0 radical (unpaired) electrons. The van der Waals surface area contributed by atoms with Gasteiger partial charge < -0.3 is 10.2 Å². The van der Waals surface area contributed by atoms with Crippen molar-refractivity contribution < 1.29 is 4.79 Å². The number of aromatic amines is 1. The Balaban J connectivity index is 1.39. The molecular weight excluding hydrogens is 280 g/mol. The van der Waals surface area contributed by atoms with Crippen LogP contribution in [0.25, 0.3) is 0 Å². The Morgan fingerprint density at radius 1 is 1.41 bits per heavy atom. The van der Waals surface area contributed by atoms with Gasteiger partial charge in [0.1, 0.15) is 0 Å². The summed E-state index contributed by atoms with van der Waals surface area (Å²) in [7, 11) is 1.91. The highest BCUT2D eigenvalue weighted by atomic mass is 16.1. The quantitative estimate of drug-likeness (QED) is 0.884. The van der Waals surface area contributed by atoms with Gasteiger partial charge in [0.05, 0.1) is 17.5 Å². The molecule has 1 saturated heterocycles. The van der Waals surface area contributed by atoms with Gasteiger partial charge in [-0.1, -0.05) is 0 Å². The largest absolute Gasteiger partial charge is 0.353 e. The predicted octanol–water partition coefficient (Wildman–Crippen LogP) is 1.03. The molecule has 1 unspecified atom stereocenters. The van der Waals surface area contributed by atoms with E-state index in [2.05, 4.69) is 25.5 Å². The first-order chi connectivity index (χ1) is 10.7. The van der Waals surface area contributed by atoms with Gasteiger partial charge in [0, 0.05) is 44.4 Å². The number of carbonyl (C=O) groups is 1. The van der Waals surface area contributed by atoms with E-state index in [-0.39, 0.29) is 11.9 Å². The minimum Gasteiger partial charge on any atom is -0.353 e. The number of nitrogens with zero attached hydrogens (tertiary/aromatic N) is 4. The second kappa shape index (κ2) is 5.15. The molecule has 1 saturated carbocycles. The third-order valence-electron chi connectivity index (χ3n) is 4.45. The van der Waals surface area contributed by atoms with Crippen LogP contribution in [0.3, 0.4) is 0 Å². The Hall–Kier alpha value is -2.31. The molecule has 1 aliphatic heterocycles. The highest BCUT2D eigenvalue weighted by molar-refractivity contribution is 5.95. The molecule has 7 heteroatoms. The van der Waals surface area contributed by atoms with Crippen molar-refractivity contribution >= 4 is 11.7 Å². The molecule has 4 rings (SSSR count). The lowest BCUT2D eigenvalue weighted by Crippen LogP contribution is -2.37. The summed E-state index contributed by atoms with van der Waals surface area (Å²) in [6.45, 7) is 1.72. The lowest BCUT2D eigenvalue weighted by Gasteiger charge is -2.16. The summed E-state index contributed by atoms with van der Waals surface area (Å²) in [5, 5.41) is 14.6. The van der Waals surface area contributed by atoms with Gasteiger partial charge in [-0.3, -0.25) is 14.6 Å². The standard InChI is InChI=1S/C15H20N6O/c1-20-6-5-13(19-20)21-7-4-11(9-21)17-15(22)12-8-16-18-14(12)10-2-3-10/h5-6,8,10-11H,2-4,7,9H2,1H3,(H,16,18)(H,17,22). The van der Waals surface area contributed by atoms with Gasteiger partial charge in [-0.05, 0) is 19.3 Å². The minimum absolute atomic E-state index is 0.0106. The maximum atomic E-state index is 12.5. The van der Waals surface area contributed by atoms with Gasteiger partial charge in [0.15, 0.2) is 5.82 Å². The van der Waals surface area contributed by atoms with Gasteiger partial charge in [0.2, 0.25) is 0 Å². The van der Waals surface area contributed by atoms with Gasteiger partial charge in [-0.25, -0.2) is 0 Å². The van der Waals surface area contributed by atoms with Gasteiger partial charge in [-0.15, -0.1) is 0 Å². The van der Waals surface area contributed by atoms with Crippen LogP contribution < -0.4 is 10.2 Å². The molecular formula is C15H20N6O. The summed E-state index contributed by atoms with van der Waals surface area (Å²) >= 11 is 0. The van der Waals surface area contributed by atoms with Crippen LogP contribution in [0, 0.1) is 0 Å². The zero-order chi connectivity index (χ0) is 15.1. The van der Waals surface area contributed by atoms with Crippen LogP contribution in [0.5, 0.6) is 0 Å². The lowest BCUT2D eigenvalue weighted by molar-refractivity contribution is 0.0939. The molecule has 2 N–H and O–H groups in total.